The van der Waals surface area contributed by atoms with E-state index >= 15 is 0 Å². The number of nitrogens with one attached hydrogen (secondary N) is 1. The predicted octanol–water partition coefficient (Wildman–Crippen LogP) is 2.66. The van der Waals surface area contributed by atoms with E-state index in [0.29, 0.717) is 5.39 Å². The molecule has 2 aromatic rings. The van der Waals surface area contributed by atoms with Crippen molar-refractivity contribution in [1.29, 1.82) is 4.78 Å². The lowest BCUT2D eigenvalue weighted by molar-refractivity contribution is 0.460. The minimum absolute atomic E-state index is 0.0544. The van der Waals surface area contributed by atoms with Gasteiger partial charge in [0.15, 0.2) is 0 Å². The van der Waals surface area contributed by atoms with Gasteiger partial charge in [-0.2, -0.15) is 0 Å². The lowest BCUT2D eigenvalue weighted by atomic mass is 10.1. The maximum absolute atomic E-state index is 11.4. The molecule has 89 valence electrons. The molecule has 1 radical (unpaired) electrons. The zero-order valence-corrected chi connectivity index (χ0v) is 10.5. The van der Waals surface area contributed by atoms with Gasteiger partial charge in [0.1, 0.15) is 0 Å². The van der Waals surface area contributed by atoms with E-state index < -0.39 is 10.0 Å². The van der Waals surface area contributed by atoms with E-state index in [2.05, 4.69) is 0 Å². The smallest absolute Gasteiger partial charge is 0.220 e. The van der Waals surface area contributed by atoms with Crippen molar-refractivity contribution in [1.82, 2.24) is 0 Å². The summed E-state index contributed by atoms with van der Waals surface area (Å²) in [6.07, 6.45) is 0. The molecule has 0 heterocycles. The van der Waals surface area contributed by atoms with Gasteiger partial charge in [-0.15, -0.1) is 4.55 Å². The molecule has 1 unspecified atom stereocenters. The van der Waals surface area contributed by atoms with Crippen LogP contribution in [-0.4, -0.2) is 18.3 Å². The Morgan fingerprint density at radius 2 is 1.65 bits per heavy atom. The Kier molecular flexibility index (Phi) is 2.81. The molecule has 0 fully saturated rings. The molecule has 0 aliphatic carbocycles. The summed E-state index contributed by atoms with van der Waals surface area (Å²) in [6.45, 7) is 0. The quantitative estimate of drug-likeness (QED) is 0.889. The highest BCUT2D eigenvalue weighted by molar-refractivity contribution is 7.86. The highest BCUT2D eigenvalue weighted by Gasteiger charge is 2.13. The molecule has 4 nitrogen and oxygen atoms in total. The number of benzene rings is 2. The molecular formula is C12H13N2O2S. The molecule has 0 aromatic heterocycles. The molecule has 2 aromatic carbocycles. The average Bonchev–Trinajstić information content (AvgIpc) is 2.26. The van der Waals surface area contributed by atoms with Gasteiger partial charge in [-0.3, -0.25) is 0 Å². The van der Waals surface area contributed by atoms with Crippen molar-refractivity contribution in [2.75, 3.05) is 19.0 Å². The fourth-order valence-electron chi connectivity index (χ4n) is 1.89. The lowest BCUT2D eigenvalue weighted by Gasteiger charge is -2.16. The second-order valence-electron chi connectivity index (χ2n) is 4.03. The Morgan fingerprint density at radius 3 is 2.24 bits per heavy atom. The van der Waals surface area contributed by atoms with Gasteiger partial charge in [-0.05, 0) is 12.1 Å². The molecule has 0 amide bonds. The highest BCUT2D eigenvalue weighted by Crippen LogP contribution is 2.30. The number of nitrogens with zero attached hydrogens (tertiary/aromatic N) is 1. The summed E-state index contributed by atoms with van der Waals surface area (Å²) in [7, 11) is -0.142. The minimum atomic E-state index is -3.94. The van der Waals surface area contributed by atoms with Crippen molar-refractivity contribution in [2.45, 2.75) is 4.90 Å². The van der Waals surface area contributed by atoms with Crippen LogP contribution >= 0.6 is 0 Å². The lowest BCUT2D eigenvalue weighted by Crippen LogP contribution is -2.09. The second kappa shape index (κ2) is 4.01. The largest absolute Gasteiger partial charge is 0.377 e. The van der Waals surface area contributed by atoms with Crippen molar-refractivity contribution in [3.63, 3.8) is 0 Å². The molecule has 0 aliphatic rings. The van der Waals surface area contributed by atoms with Gasteiger partial charge < -0.3 is 4.90 Å². The number of fused-ring (bicyclic) bond motifs is 1. The number of hydrogen-bond acceptors (Lipinski definition) is 3. The fourth-order valence-corrected chi connectivity index (χ4v) is 2.61. The molecule has 2 rings (SSSR count). The Balaban J connectivity index is 2.89. The molecule has 0 aliphatic heterocycles. The third kappa shape index (κ3) is 2.11. The molecule has 1 atom stereocenters. The van der Waals surface area contributed by atoms with Crippen molar-refractivity contribution in [3.05, 3.63) is 36.4 Å². The van der Waals surface area contributed by atoms with E-state index in [1.807, 2.05) is 31.1 Å². The van der Waals surface area contributed by atoms with Crippen LogP contribution in [0.15, 0.2) is 41.3 Å². The van der Waals surface area contributed by atoms with Crippen LogP contribution < -0.4 is 4.90 Å². The van der Waals surface area contributed by atoms with E-state index in [-0.39, 0.29) is 4.90 Å². The average molecular weight is 249 g/mol. The standard InChI is InChI=1S/C12H13N2O2S/c1-14(2)11-7-3-6-10-9(11)5-4-8-12(10)17(13,15)16/h3-8,13H,1-2H3. The SMILES string of the molecule is CN(C)c1cccc2c(S(=N)([O])=O)cccc12. The third-order valence-electron chi connectivity index (χ3n) is 2.63. The zero-order valence-electron chi connectivity index (χ0n) is 9.64. The highest BCUT2D eigenvalue weighted by atomic mass is 32.2. The van der Waals surface area contributed by atoms with Gasteiger partial charge in [0.2, 0.25) is 10.0 Å². The van der Waals surface area contributed by atoms with Crippen molar-refractivity contribution in [3.8, 4) is 0 Å². The summed E-state index contributed by atoms with van der Waals surface area (Å²) in [5.41, 5.74) is 0.938. The summed E-state index contributed by atoms with van der Waals surface area (Å²) in [4.78, 5) is 1.97. The molecule has 0 bridgehead atoms. The summed E-state index contributed by atoms with van der Waals surface area (Å²) < 4.78 is 30.0. The minimum Gasteiger partial charge on any atom is -0.377 e. The van der Waals surface area contributed by atoms with Gasteiger partial charge in [0.25, 0.3) is 0 Å². The molecule has 1 N–H and O–H groups in total. The normalized spacial score (nSPS) is 14.5. The maximum atomic E-state index is 11.4. The Labute approximate surface area is 101 Å². The monoisotopic (exact) mass is 249 g/mol. The van der Waals surface area contributed by atoms with Gasteiger partial charge in [0.05, 0.1) is 4.90 Å². The van der Waals surface area contributed by atoms with Crippen LogP contribution in [0.5, 0.6) is 0 Å². The van der Waals surface area contributed by atoms with Gasteiger partial charge in [-0.25, -0.2) is 8.99 Å². The molecule has 5 heteroatoms. The summed E-state index contributed by atoms with van der Waals surface area (Å²) >= 11 is 0. The Morgan fingerprint density at radius 1 is 1.06 bits per heavy atom. The van der Waals surface area contributed by atoms with E-state index in [1.54, 1.807) is 18.2 Å². The first-order valence-corrected chi connectivity index (χ1v) is 6.58. The van der Waals surface area contributed by atoms with E-state index in [9.17, 15) is 8.76 Å². The van der Waals surface area contributed by atoms with E-state index in [4.69, 9.17) is 4.78 Å². The predicted molar refractivity (Wildman–Crippen MR) is 68.1 cm³/mol. The van der Waals surface area contributed by atoms with Crippen LogP contribution in [0.1, 0.15) is 0 Å². The van der Waals surface area contributed by atoms with Crippen LogP contribution in [0.4, 0.5) is 5.69 Å². The van der Waals surface area contributed by atoms with Crippen LogP contribution in [0.3, 0.4) is 0 Å². The van der Waals surface area contributed by atoms with Crippen molar-refractivity contribution >= 4 is 26.5 Å². The van der Waals surface area contributed by atoms with Crippen LogP contribution in [0.25, 0.3) is 10.8 Å². The zero-order chi connectivity index (χ0) is 12.6. The van der Waals surface area contributed by atoms with Gasteiger partial charge in [-0.1, -0.05) is 24.3 Å². The van der Waals surface area contributed by atoms with Crippen LogP contribution in [0, 0.1) is 4.78 Å². The first kappa shape index (κ1) is 11.9. The molecular weight excluding hydrogens is 236 g/mol. The fraction of sp³-hybridized carbons (Fsp3) is 0.167. The van der Waals surface area contributed by atoms with Crippen molar-refractivity contribution < 1.29 is 8.76 Å². The maximum Gasteiger partial charge on any atom is 0.220 e. The van der Waals surface area contributed by atoms with Crippen LogP contribution in [0.2, 0.25) is 0 Å². The summed E-state index contributed by atoms with van der Waals surface area (Å²) in [5.74, 6) is 0. The first-order chi connectivity index (χ1) is 7.91. The van der Waals surface area contributed by atoms with Crippen molar-refractivity contribution in [2.24, 2.45) is 0 Å². The molecule has 0 spiro atoms. The Bertz CT molecular complexity index is 663. The number of hydrogen-bond donors (Lipinski definition) is 1. The number of rotatable bonds is 2. The van der Waals surface area contributed by atoms with Gasteiger partial charge >= 0.3 is 0 Å². The molecule has 17 heavy (non-hydrogen) atoms. The first-order valence-electron chi connectivity index (χ1n) is 5.10. The van der Waals surface area contributed by atoms with E-state index in [0.717, 1.165) is 11.1 Å². The van der Waals surface area contributed by atoms with Gasteiger partial charge in [0, 0.05) is 30.6 Å². The number of anilines is 1. The summed E-state index contributed by atoms with van der Waals surface area (Å²) in [5, 5.41) is 1.43. The molecule has 0 saturated heterocycles. The van der Waals surface area contributed by atoms with Crippen LogP contribution in [-0.2, 0) is 14.6 Å². The molecule has 0 saturated carbocycles. The second-order valence-corrected chi connectivity index (χ2v) is 5.47. The Hall–Kier alpha value is -1.59. The summed E-state index contributed by atoms with van der Waals surface area (Å²) in [6, 6.07) is 10.4. The topological polar surface area (TPSA) is 64.1 Å². The third-order valence-corrected chi connectivity index (χ3v) is 3.57. The van der Waals surface area contributed by atoms with E-state index in [1.165, 1.54) is 6.07 Å².